The summed E-state index contributed by atoms with van der Waals surface area (Å²) in [5.74, 6) is 0.348. The lowest BCUT2D eigenvalue weighted by atomic mass is 10.2. The molecule has 0 unspecified atom stereocenters. The second-order valence-electron chi connectivity index (χ2n) is 5.58. The zero-order valence-corrected chi connectivity index (χ0v) is 14.2. The van der Waals surface area contributed by atoms with Crippen LogP contribution >= 0.6 is 0 Å². The molecular weight excluding hydrogens is 330 g/mol. The molecule has 2 N–H and O–H groups in total. The Balaban J connectivity index is 1.68. The SMILES string of the molecule is COc1ccc(NC(=O)NCCCOC[C@H]2CCCO2)c([N+](=O)[O-])c1. The highest BCUT2D eigenvalue weighted by atomic mass is 16.6. The third-order valence-corrected chi connectivity index (χ3v) is 3.73. The van der Waals surface area contributed by atoms with Crippen molar-refractivity contribution < 1.29 is 23.9 Å². The summed E-state index contributed by atoms with van der Waals surface area (Å²) in [6.07, 6.45) is 2.94. The molecule has 9 nitrogen and oxygen atoms in total. The molecule has 0 aliphatic carbocycles. The summed E-state index contributed by atoms with van der Waals surface area (Å²) in [6.45, 7) is 2.29. The number of rotatable bonds is 9. The lowest BCUT2D eigenvalue weighted by Gasteiger charge is -2.11. The van der Waals surface area contributed by atoms with Crippen LogP contribution < -0.4 is 15.4 Å². The van der Waals surface area contributed by atoms with Gasteiger partial charge in [0.15, 0.2) is 0 Å². The number of nitrogens with zero attached hydrogens (tertiary/aromatic N) is 1. The summed E-state index contributed by atoms with van der Waals surface area (Å²) in [6, 6.07) is 3.73. The van der Waals surface area contributed by atoms with Crippen molar-refractivity contribution >= 4 is 17.4 Å². The van der Waals surface area contributed by atoms with Gasteiger partial charge in [0.05, 0.1) is 30.8 Å². The van der Waals surface area contributed by atoms with Gasteiger partial charge in [0.1, 0.15) is 11.4 Å². The molecular formula is C16H23N3O6. The highest BCUT2D eigenvalue weighted by Gasteiger charge is 2.17. The van der Waals surface area contributed by atoms with Gasteiger partial charge in [-0.15, -0.1) is 0 Å². The molecule has 1 fully saturated rings. The Morgan fingerprint density at radius 2 is 2.32 bits per heavy atom. The van der Waals surface area contributed by atoms with Crippen LogP contribution in [0.25, 0.3) is 0 Å². The van der Waals surface area contributed by atoms with Gasteiger partial charge in [-0.2, -0.15) is 0 Å². The maximum Gasteiger partial charge on any atom is 0.319 e. The fourth-order valence-corrected chi connectivity index (χ4v) is 2.43. The van der Waals surface area contributed by atoms with Gasteiger partial charge in [0.2, 0.25) is 0 Å². The quantitative estimate of drug-likeness (QED) is 0.400. The molecule has 0 bridgehead atoms. The predicted molar refractivity (Wildman–Crippen MR) is 91.1 cm³/mol. The first-order chi connectivity index (χ1) is 12.1. The Hall–Kier alpha value is -2.39. The van der Waals surface area contributed by atoms with Crippen molar-refractivity contribution in [3.8, 4) is 5.75 Å². The molecule has 0 saturated carbocycles. The van der Waals surface area contributed by atoms with Crippen molar-refractivity contribution in [3.63, 3.8) is 0 Å². The standard InChI is InChI=1S/C16H23N3O6/c1-23-12-5-6-14(15(10-12)19(21)22)18-16(20)17-7-3-8-24-11-13-4-2-9-25-13/h5-6,10,13H,2-4,7-9,11H2,1H3,(H2,17,18,20)/t13-/m1/s1. The van der Waals surface area contributed by atoms with Gasteiger partial charge >= 0.3 is 6.03 Å². The van der Waals surface area contributed by atoms with Crippen molar-refractivity contribution in [1.82, 2.24) is 5.32 Å². The van der Waals surface area contributed by atoms with E-state index in [0.717, 1.165) is 19.4 Å². The Morgan fingerprint density at radius 1 is 1.48 bits per heavy atom. The van der Waals surface area contributed by atoms with Gasteiger partial charge in [-0.25, -0.2) is 4.79 Å². The van der Waals surface area contributed by atoms with Crippen LogP contribution in [0.1, 0.15) is 19.3 Å². The highest BCUT2D eigenvalue weighted by molar-refractivity contribution is 5.91. The van der Waals surface area contributed by atoms with E-state index in [1.807, 2.05) is 0 Å². The number of hydrogen-bond donors (Lipinski definition) is 2. The number of ether oxygens (including phenoxy) is 3. The topological polar surface area (TPSA) is 112 Å². The molecule has 25 heavy (non-hydrogen) atoms. The van der Waals surface area contributed by atoms with Crippen LogP contribution in [0, 0.1) is 10.1 Å². The number of urea groups is 1. The van der Waals surface area contributed by atoms with Crippen molar-refractivity contribution in [1.29, 1.82) is 0 Å². The Bertz CT molecular complexity index is 589. The molecule has 1 aromatic carbocycles. The fraction of sp³-hybridized carbons (Fsp3) is 0.562. The van der Waals surface area contributed by atoms with E-state index in [9.17, 15) is 14.9 Å². The largest absolute Gasteiger partial charge is 0.496 e. The normalized spacial score (nSPS) is 16.4. The molecule has 1 heterocycles. The first-order valence-corrected chi connectivity index (χ1v) is 8.17. The Morgan fingerprint density at radius 3 is 3.00 bits per heavy atom. The summed E-state index contributed by atoms with van der Waals surface area (Å²) < 4.78 is 15.9. The summed E-state index contributed by atoms with van der Waals surface area (Å²) >= 11 is 0. The molecule has 0 spiro atoms. The van der Waals surface area contributed by atoms with E-state index in [1.165, 1.54) is 19.2 Å². The third kappa shape index (κ3) is 6.20. The molecule has 9 heteroatoms. The minimum atomic E-state index is -0.572. The van der Waals surface area contributed by atoms with Crippen molar-refractivity contribution in [2.75, 3.05) is 38.8 Å². The second-order valence-corrected chi connectivity index (χ2v) is 5.58. The van der Waals surface area contributed by atoms with E-state index >= 15 is 0 Å². The minimum absolute atomic E-state index is 0.109. The summed E-state index contributed by atoms with van der Waals surface area (Å²) in [5.41, 5.74) is -0.118. The van der Waals surface area contributed by atoms with Gasteiger partial charge < -0.3 is 24.8 Å². The zero-order chi connectivity index (χ0) is 18.1. The van der Waals surface area contributed by atoms with Crippen LogP contribution in [0.5, 0.6) is 5.75 Å². The number of hydrogen-bond acceptors (Lipinski definition) is 6. The van der Waals surface area contributed by atoms with E-state index in [-0.39, 0.29) is 17.5 Å². The fourth-order valence-electron chi connectivity index (χ4n) is 2.43. The van der Waals surface area contributed by atoms with Crippen LogP contribution in [0.3, 0.4) is 0 Å². The molecule has 1 saturated heterocycles. The minimum Gasteiger partial charge on any atom is -0.496 e. The van der Waals surface area contributed by atoms with Crippen LogP contribution in [0.2, 0.25) is 0 Å². The van der Waals surface area contributed by atoms with Gasteiger partial charge in [-0.3, -0.25) is 10.1 Å². The van der Waals surface area contributed by atoms with Gasteiger partial charge in [-0.1, -0.05) is 0 Å². The number of nitrogens with one attached hydrogen (secondary N) is 2. The maximum atomic E-state index is 11.8. The number of carbonyl (C=O) groups excluding carboxylic acids is 1. The molecule has 0 radical (unpaired) electrons. The van der Waals surface area contributed by atoms with Gasteiger partial charge in [0.25, 0.3) is 5.69 Å². The average molecular weight is 353 g/mol. The zero-order valence-electron chi connectivity index (χ0n) is 14.2. The molecule has 2 rings (SSSR count). The van der Waals surface area contributed by atoms with Crippen LogP contribution in [0.15, 0.2) is 18.2 Å². The number of methoxy groups -OCH3 is 1. The lowest BCUT2D eigenvalue weighted by molar-refractivity contribution is -0.384. The first kappa shape index (κ1) is 18.9. The first-order valence-electron chi connectivity index (χ1n) is 8.17. The van der Waals surface area contributed by atoms with Crippen molar-refractivity contribution in [2.45, 2.75) is 25.4 Å². The number of amides is 2. The number of carbonyl (C=O) groups is 1. The summed E-state index contributed by atoms with van der Waals surface area (Å²) in [7, 11) is 1.42. The van der Waals surface area contributed by atoms with E-state index in [1.54, 1.807) is 6.07 Å². The monoisotopic (exact) mass is 353 g/mol. The summed E-state index contributed by atoms with van der Waals surface area (Å²) in [4.78, 5) is 22.3. The number of benzene rings is 1. The molecule has 1 aliphatic heterocycles. The van der Waals surface area contributed by atoms with Crippen LogP contribution in [-0.2, 0) is 9.47 Å². The molecule has 1 aromatic rings. The Kier molecular flexibility index (Phi) is 7.42. The average Bonchev–Trinajstić information content (AvgIpc) is 3.11. The van der Waals surface area contributed by atoms with Gasteiger partial charge in [0, 0.05) is 19.8 Å². The van der Waals surface area contributed by atoms with E-state index < -0.39 is 11.0 Å². The van der Waals surface area contributed by atoms with Crippen molar-refractivity contribution in [2.24, 2.45) is 0 Å². The molecule has 1 atom stereocenters. The second kappa shape index (κ2) is 9.80. The number of nitro groups is 1. The number of nitro benzene ring substituents is 1. The molecule has 138 valence electrons. The van der Waals surface area contributed by atoms with E-state index in [2.05, 4.69) is 10.6 Å². The maximum absolute atomic E-state index is 11.8. The smallest absolute Gasteiger partial charge is 0.319 e. The van der Waals surface area contributed by atoms with Gasteiger partial charge in [-0.05, 0) is 31.4 Å². The van der Waals surface area contributed by atoms with Crippen molar-refractivity contribution in [3.05, 3.63) is 28.3 Å². The van der Waals surface area contributed by atoms with E-state index in [4.69, 9.17) is 14.2 Å². The number of anilines is 1. The lowest BCUT2D eigenvalue weighted by Crippen LogP contribution is -2.30. The molecule has 0 aromatic heterocycles. The highest BCUT2D eigenvalue weighted by Crippen LogP contribution is 2.28. The summed E-state index contributed by atoms with van der Waals surface area (Å²) in [5, 5.41) is 16.2. The molecule has 2 amide bonds. The predicted octanol–water partition coefficient (Wildman–Crippen LogP) is 2.31. The Labute approximate surface area is 145 Å². The van der Waals surface area contributed by atoms with E-state index in [0.29, 0.717) is 31.9 Å². The van der Waals surface area contributed by atoms with Crippen LogP contribution in [-0.4, -0.2) is 50.5 Å². The third-order valence-electron chi connectivity index (χ3n) is 3.73. The molecule has 1 aliphatic rings. The van der Waals surface area contributed by atoms with Crippen LogP contribution in [0.4, 0.5) is 16.2 Å².